The Balaban J connectivity index is 2.44. The first-order valence-electron chi connectivity index (χ1n) is 6.19. The van der Waals surface area contributed by atoms with Crippen molar-refractivity contribution in [3.8, 4) is 0 Å². The summed E-state index contributed by atoms with van der Waals surface area (Å²) >= 11 is 0. The van der Waals surface area contributed by atoms with E-state index in [2.05, 4.69) is 0 Å². The molecule has 0 radical (unpaired) electrons. The smallest absolute Gasteiger partial charge is 0.331 e. The molecule has 1 N–H and O–H groups in total. The molecule has 0 amide bonds. The first-order chi connectivity index (χ1) is 8.20. The third kappa shape index (κ3) is 2.57. The van der Waals surface area contributed by atoms with Crippen LogP contribution in [0.3, 0.4) is 0 Å². The number of allylic oxidation sites excluding steroid dienone is 1. The van der Waals surface area contributed by atoms with E-state index in [0.717, 1.165) is 24.0 Å². The van der Waals surface area contributed by atoms with Crippen LogP contribution in [0.2, 0.25) is 0 Å². The monoisotopic (exact) mass is 230 g/mol. The van der Waals surface area contributed by atoms with Gasteiger partial charge in [-0.25, -0.2) is 4.79 Å². The molecule has 0 saturated heterocycles. The maximum atomic E-state index is 11.2. The van der Waals surface area contributed by atoms with Crippen LogP contribution in [0.4, 0.5) is 0 Å². The number of hydrogen-bond donors (Lipinski definition) is 1. The molecule has 1 saturated carbocycles. The summed E-state index contributed by atoms with van der Waals surface area (Å²) in [4.78, 5) is 11.2. The molecule has 2 rings (SSSR count). The number of carboxylic acid groups (broad SMARTS) is 1. The zero-order valence-electron chi connectivity index (χ0n) is 10.1. The number of aliphatic carboxylic acids is 1. The predicted octanol–water partition coefficient (Wildman–Crippen LogP) is 3.73. The van der Waals surface area contributed by atoms with E-state index in [1.807, 2.05) is 30.3 Å². The highest BCUT2D eigenvalue weighted by atomic mass is 16.4. The summed E-state index contributed by atoms with van der Waals surface area (Å²) in [7, 11) is 0. The lowest BCUT2D eigenvalue weighted by Crippen LogP contribution is -2.07. The molecule has 0 spiro atoms. The van der Waals surface area contributed by atoms with Gasteiger partial charge in [-0.1, -0.05) is 43.2 Å². The number of benzene rings is 1. The number of rotatable bonds is 3. The van der Waals surface area contributed by atoms with Gasteiger partial charge in [0.1, 0.15) is 0 Å². The third-order valence-electron chi connectivity index (χ3n) is 3.57. The second-order valence-corrected chi connectivity index (χ2v) is 4.69. The summed E-state index contributed by atoms with van der Waals surface area (Å²) < 4.78 is 0. The van der Waals surface area contributed by atoms with Gasteiger partial charge in [-0.15, -0.1) is 0 Å². The van der Waals surface area contributed by atoms with Crippen LogP contribution >= 0.6 is 0 Å². The highest BCUT2D eigenvalue weighted by Gasteiger charge is 2.24. The van der Waals surface area contributed by atoms with Gasteiger partial charge in [-0.05, 0) is 36.8 Å². The van der Waals surface area contributed by atoms with Gasteiger partial charge in [-0.3, -0.25) is 0 Å². The molecule has 0 bridgehead atoms. The summed E-state index contributed by atoms with van der Waals surface area (Å²) in [5, 5.41) is 9.22. The highest BCUT2D eigenvalue weighted by Crippen LogP contribution is 2.38. The van der Waals surface area contributed by atoms with Crippen molar-refractivity contribution in [1.82, 2.24) is 0 Å². The Bertz CT molecular complexity index is 425. The Labute approximate surface area is 102 Å². The van der Waals surface area contributed by atoms with Gasteiger partial charge in [-0.2, -0.15) is 0 Å². The lowest BCUT2D eigenvalue weighted by Gasteiger charge is -2.17. The molecule has 1 aliphatic rings. The lowest BCUT2D eigenvalue weighted by molar-refractivity contribution is -0.132. The largest absolute Gasteiger partial charge is 0.478 e. The van der Waals surface area contributed by atoms with Crippen LogP contribution in [0.25, 0.3) is 5.57 Å². The van der Waals surface area contributed by atoms with E-state index >= 15 is 0 Å². The fraction of sp³-hybridized carbons (Fsp3) is 0.400. The Morgan fingerprint density at radius 1 is 1.18 bits per heavy atom. The van der Waals surface area contributed by atoms with Crippen molar-refractivity contribution in [2.75, 3.05) is 0 Å². The van der Waals surface area contributed by atoms with E-state index in [4.69, 9.17) is 0 Å². The Hall–Kier alpha value is -1.57. The lowest BCUT2D eigenvalue weighted by atomic mass is 9.87. The summed E-state index contributed by atoms with van der Waals surface area (Å²) in [6.45, 7) is 1.73. The van der Waals surface area contributed by atoms with Crippen LogP contribution in [-0.4, -0.2) is 11.1 Å². The topological polar surface area (TPSA) is 37.3 Å². The van der Waals surface area contributed by atoms with Crippen LogP contribution in [0.15, 0.2) is 35.9 Å². The fourth-order valence-electron chi connectivity index (χ4n) is 2.71. The maximum Gasteiger partial charge on any atom is 0.331 e. The van der Waals surface area contributed by atoms with Gasteiger partial charge in [0, 0.05) is 5.57 Å². The summed E-state index contributed by atoms with van der Waals surface area (Å²) in [6, 6.07) is 9.94. The van der Waals surface area contributed by atoms with Gasteiger partial charge >= 0.3 is 5.97 Å². The first-order valence-corrected chi connectivity index (χ1v) is 6.19. The van der Waals surface area contributed by atoms with Crippen LogP contribution in [-0.2, 0) is 4.79 Å². The summed E-state index contributed by atoms with van der Waals surface area (Å²) in [5.41, 5.74) is 2.61. The molecule has 0 atom stereocenters. The minimum Gasteiger partial charge on any atom is -0.478 e. The van der Waals surface area contributed by atoms with Crippen molar-refractivity contribution in [3.05, 3.63) is 41.5 Å². The molecule has 2 nitrogen and oxygen atoms in total. The van der Waals surface area contributed by atoms with E-state index in [9.17, 15) is 9.90 Å². The molecule has 1 aromatic carbocycles. The Kier molecular flexibility index (Phi) is 3.62. The van der Waals surface area contributed by atoms with Gasteiger partial charge in [0.25, 0.3) is 0 Å². The number of carbonyl (C=O) groups is 1. The molecule has 0 aliphatic heterocycles. The molecule has 90 valence electrons. The molecule has 0 heterocycles. The first kappa shape index (κ1) is 11.9. The minimum absolute atomic E-state index is 0.425. The van der Waals surface area contributed by atoms with E-state index in [1.165, 1.54) is 12.8 Å². The van der Waals surface area contributed by atoms with E-state index in [1.54, 1.807) is 6.92 Å². The van der Waals surface area contributed by atoms with Crippen LogP contribution in [0, 0.1) is 5.92 Å². The van der Waals surface area contributed by atoms with Crippen LogP contribution in [0.1, 0.15) is 38.2 Å². The van der Waals surface area contributed by atoms with E-state index < -0.39 is 5.97 Å². The SMILES string of the molecule is C/C(C(=O)O)=C(/c1ccccc1)C1CCCC1. The Morgan fingerprint density at radius 3 is 2.29 bits per heavy atom. The normalized spacial score (nSPS) is 17.9. The van der Waals surface area contributed by atoms with Crippen molar-refractivity contribution in [2.24, 2.45) is 5.92 Å². The second-order valence-electron chi connectivity index (χ2n) is 4.69. The van der Waals surface area contributed by atoms with Gasteiger partial charge in [0.15, 0.2) is 0 Å². The minimum atomic E-state index is -0.796. The molecular formula is C15H18O2. The van der Waals surface area contributed by atoms with E-state index in [0.29, 0.717) is 11.5 Å². The van der Waals surface area contributed by atoms with Crippen LogP contribution in [0.5, 0.6) is 0 Å². The average molecular weight is 230 g/mol. The molecule has 1 aromatic rings. The quantitative estimate of drug-likeness (QED) is 0.803. The maximum absolute atomic E-state index is 11.2. The number of hydrogen-bond acceptors (Lipinski definition) is 1. The molecule has 17 heavy (non-hydrogen) atoms. The van der Waals surface area contributed by atoms with Crippen molar-refractivity contribution in [1.29, 1.82) is 0 Å². The average Bonchev–Trinajstić information content (AvgIpc) is 2.84. The molecule has 1 aliphatic carbocycles. The zero-order valence-corrected chi connectivity index (χ0v) is 10.1. The van der Waals surface area contributed by atoms with Crippen molar-refractivity contribution >= 4 is 11.5 Å². The number of carboxylic acids is 1. The van der Waals surface area contributed by atoms with E-state index in [-0.39, 0.29) is 0 Å². The fourth-order valence-corrected chi connectivity index (χ4v) is 2.71. The van der Waals surface area contributed by atoms with Gasteiger partial charge in [0.2, 0.25) is 0 Å². The summed E-state index contributed by atoms with van der Waals surface area (Å²) in [6.07, 6.45) is 4.67. The van der Waals surface area contributed by atoms with Gasteiger partial charge in [0.05, 0.1) is 0 Å². The third-order valence-corrected chi connectivity index (χ3v) is 3.57. The molecule has 1 fully saturated rings. The zero-order chi connectivity index (χ0) is 12.3. The van der Waals surface area contributed by atoms with Crippen molar-refractivity contribution in [3.63, 3.8) is 0 Å². The second kappa shape index (κ2) is 5.17. The summed E-state index contributed by atoms with van der Waals surface area (Å²) in [5.74, 6) is -0.371. The molecule has 0 aromatic heterocycles. The molecule has 0 unspecified atom stereocenters. The highest BCUT2D eigenvalue weighted by molar-refractivity contribution is 5.96. The van der Waals surface area contributed by atoms with Crippen molar-refractivity contribution in [2.45, 2.75) is 32.6 Å². The van der Waals surface area contributed by atoms with Crippen molar-refractivity contribution < 1.29 is 9.90 Å². The molecular weight excluding hydrogens is 212 g/mol. The Morgan fingerprint density at radius 2 is 1.76 bits per heavy atom. The van der Waals surface area contributed by atoms with Crippen LogP contribution < -0.4 is 0 Å². The standard InChI is InChI=1S/C15H18O2/c1-11(15(16)17)14(13-9-5-6-10-13)12-7-3-2-4-8-12/h2-4,7-8,13H,5-6,9-10H2,1H3,(H,16,17)/b14-11+. The van der Waals surface area contributed by atoms with Gasteiger partial charge < -0.3 is 5.11 Å². The predicted molar refractivity (Wildman–Crippen MR) is 68.6 cm³/mol. The molecule has 2 heteroatoms.